The van der Waals surface area contributed by atoms with Crippen LogP contribution in [0.2, 0.25) is 0 Å². The minimum Gasteiger partial charge on any atom is -0.492 e. The maximum atomic E-state index is 5.76. The van der Waals surface area contributed by atoms with Crippen molar-refractivity contribution in [1.29, 1.82) is 0 Å². The number of nitrogens with two attached hydrogens (primary N) is 1. The molecule has 1 aromatic heterocycles. The molecule has 0 unspecified atom stereocenters. The molecule has 2 N–H and O–H groups in total. The summed E-state index contributed by atoms with van der Waals surface area (Å²) in [4.78, 5) is 2.22. The summed E-state index contributed by atoms with van der Waals surface area (Å²) in [6, 6.07) is 8.15. The first-order chi connectivity index (χ1) is 10.2. The molecule has 1 aromatic carbocycles. The molecule has 2 aromatic rings. The third-order valence-corrected chi connectivity index (χ3v) is 3.31. The lowest BCUT2D eigenvalue weighted by molar-refractivity contribution is 0.233. The molecule has 0 saturated carbocycles. The molecule has 0 atom stereocenters. The molecule has 0 saturated heterocycles. The average molecular weight is 288 g/mol. The van der Waals surface area contributed by atoms with Gasteiger partial charge in [-0.2, -0.15) is 5.10 Å². The summed E-state index contributed by atoms with van der Waals surface area (Å²) < 4.78 is 7.58. The largest absolute Gasteiger partial charge is 0.492 e. The van der Waals surface area contributed by atoms with Gasteiger partial charge in [-0.3, -0.25) is 9.58 Å². The van der Waals surface area contributed by atoms with Crippen LogP contribution in [0.5, 0.6) is 5.75 Å². The van der Waals surface area contributed by atoms with Crippen molar-refractivity contribution < 1.29 is 4.74 Å². The first kappa shape index (κ1) is 15.5. The van der Waals surface area contributed by atoms with E-state index in [9.17, 15) is 0 Å². The Balaban J connectivity index is 1.70. The van der Waals surface area contributed by atoms with E-state index >= 15 is 0 Å². The van der Waals surface area contributed by atoms with Crippen LogP contribution in [-0.4, -0.2) is 41.4 Å². The molecule has 5 heteroatoms. The average Bonchev–Trinajstić information content (AvgIpc) is 2.86. The standard InChI is InChI=1S/C16H24N4O/c1-19(12-15-11-18-20(2)13-15)9-10-21-16-5-3-14(4-6-16)7-8-17/h3-6,11,13H,7-10,12,17H2,1-2H3. The van der Waals surface area contributed by atoms with E-state index in [1.807, 2.05) is 36.3 Å². The van der Waals surface area contributed by atoms with Gasteiger partial charge >= 0.3 is 0 Å². The molecule has 0 aliphatic rings. The predicted octanol–water partition coefficient (Wildman–Crippen LogP) is 1.43. The zero-order valence-electron chi connectivity index (χ0n) is 12.8. The Kier molecular flexibility index (Phi) is 5.78. The number of hydrogen-bond acceptors (Lipinski definition) is 4. The summed E-state index contributed by atoms with van der Waals surface area (Å²) in [5.74, 6) is 0.908. The van der Waals surface area contributed by atoms with E-state index in [2.05, 4.69) is 29.2 Å². The molecule has 0 amide bonds. The molecule has 0 aliphatic carbocycles. The molecule has 1 heterocycles. The van der Waals surface area contributed by atoms with E-state index in [1.54, 1.807) is 0 Å². The number of hydrogen-bond donors (Lipinski definition) is 1. The SMILES string of the molecule is CN(CCOc1ccc(CCN)cc1)Cc1cnn(C)c1. The van der Waals surface area contributed by atoms with Crippen LogP contribution in [0.4, 0.5) is 0 Å². The predicted molar refractivity (Wildman–Crippen MR) is 84.2 cm³/mol. The Labute approximate surface area is 126 Å². The first-order valence-corrected chi connectivity index (χ1v) is 7.25. The van der Waals surface area contributed by atoms with Gasteiger partial charge in [0, 0.05) is 31.9 Å². The molecule has 0 fully saturated rings. The summed E-state index contributed by atoms with van der Waals surface area (Å²) in [6.07, 6.45) is 4.84. The number of ether oxygens (including phenoxy) is 1. The second kappa shape index (κ2) is 7.81. The minimum atomic E-state index is 0.674. The Morgan fingerprint density at radius 1 is 1.24 bits per heavy atom. The fraction of sp³-hybridized carbons (Fsp3) is 0.438. The molecule has 114 valence electrons. The van der Waals surface area contributed by atoms with Gasteiger partial charge in [0.05, 0.1) is 6.20 Å². The van der Waals surface area contributed by atoms with Crippen LogP contribution in [0.3, 0.4) is 0 Å². The highest BCUT2D eigenvalue weighted by Gasteiger charge is 2.03. The molecule has 0 radical (unpaired) electrons. The first-order valence-electron chi connectivity index (χ1n) is 7.25. The van der Waals surface area contributed by atoms with E-state index in [-0.39, 0.29) is 0 Å². The van der Waals surface area contributed by atoms with Crippen LogP contribution >= 0.6 is 0 Å². The summed E-state index contributed by atoms with van der Waals surface area (Å²) in [7, 11) is 4.02. The smallest absolute Gasteiger partial charge is 0.119 e. The number of rotatable bonds is 8. The normalized spacial score (nSPS) is 11.0. The zero-order valence-corrected chi connectivity index (χ0v) is 12.8. The van der Waals surface area contributed by atoms with E-state index in [1.165, 1.54) is 11.1 Å². The summed E-state index contributed by atoms with van der Waals surface area (Å²) in [5, 5.41) is 4.17. The van der Waals surface area contributed by atoms with Crippen molar-refractivity contribution in [3.63, 3.8) is 0 Å². The van der Waals surface area contributed by atoms with Gasteiger partial charge in [-0.25, -0.2) is 0 Å². The Morgan fingerprint density at radius 2 is 2.00 bits per heavy atom. The Bertz CT molecular complexity index is 535. The highest BCUT2D eigenvalue weighted by molar-refractivity contribution is 5.27. The number of aryl methyl sites for hydroxylation is 1. The van der Waals surface area contributed by atoms with Gasteiger partial charge in [-0.1, -0.05) is 12.1 Å². The number of aromatic nitrogens is 2. The van der Waals surface area contributed by atoms with Gasteiger partial charge in [0.25, 0.3) is 0 Å². The van der Waals surface area contributed by atoms with Gasteiger partial charge in [-0.05, 0) is 37.7 Å². The fourth-order valence-corrected chi connectivity index (χ4v) is 2.18. The van der Waals surface area contributed by atoms with Crippen LogP contribution < -0.4 is 10.5 Å². The van der Waals surface area contributed by atoms with Crippen molar-refractivity contribution in [1.82, 2.24) is 14.7 Å². The fourth-order valence-electron chi connectivity index (χ4n) is 2.18. The number of benzene rings is 1. The molecule has 0 spiro atoms. The second-order valence-corrected chi connectivity index (χ2v) is 5.29. The third kappa shape index (κ3) is 5.21. The van der Waals surface area contributed by atoms with E-state index in [4.69, 9.17) is 10.5 Å². The molecular weight excluding hydrogens is 264 g/mol. The zero-order chi connectivity index (χ0) is 15.1. The molecule has 0 bridgehead atoms. The van der Waals surface area contributed by atoms with Crippen LogP contribution in [0.1, 0.15) is 11.1 Å². The van der Waals surface area contributed by atoms with Crippen molar-refractivity contribution in [3.05, 3.63) is 47.8 Å². The molecule has 5 nitrogen and oxygen atoms in total. The highest BCUT2D eigenvalue weighted by Crippen LogP contribution is 2.12. The van der Waals surface area contributed by atoms with Crippen molar-refractivity contribution in [3.8, 4) is 5.75 Å². The summed E-state index contributed by atoms with van der Waals surface area (Å²) in [6.45, 7) is 3.11. The van der Waals surface area contributed by atoms with Crippen LogP contribution in [0.15, 0.2) is 36.7 Å². The van der Waals surface area contributed by atoms with E-state index in [0.29, 0.717) is 13.2 Å². The number of likely N-dealkylation sites (N-methyl/N-ethyl adjacent to an activating group) is 1. The van der Waals surface area contributed by atoms with Crippen LogP contribution in [-0.2, 0) is 20.0 Å². The maximum absolute atomic E-state index is 5.76. The lowest BCUT2D eigenvalue weighted by Crippen LogP contribution is -2.23. The summed E-state index contributed by atoms with van der Waals surface area (Å²) in [5.41, 5.74) is 8.00. The Morgan fingerprint density at radius 3 is 2.62 bits per heavy atom. The molecule has 0 aliphatic heterocycles. The third-order valence-electron chi connectivity index (χ3n) is 3.31. The van der Waals surface area contributed by atoms with Gasteiger partial charge < -0.3 is 10.5 Å². The van der Waals surface area contributed by atoms with E-state index < -0.39 is 0 Å². The molecule has 21 heavy (non-hydrogen) atoms. The van der Waals surface area contributed by atoms with Crippen LogP contribution in [0.25, 0.3) is 0 Å². The molecular formula is C16H24N4O. The van der Waals surface area contributed by atoms with Gasteiger partial charge in [0.15, 0.2) is 0 Å². The minimum absolute atomic E-state index is 0.674. The van der Waals surface area contributed by atoms with Gasteiger partial charge in [0.1, 0.15) is 12.4 Å². The second-order valence-electron chi connectivity index (χ2n) is 5.29. The Hall–Kier alpha value is -1.85. The van der Waals surface area contributed by atoms with Gasteiger partial charge in [0.2, 0.25) is 0 Å². The highest BCUT2D eigenvalue weighted by atomic mass is 16.5. The number of nitrogens with zero attached hydrogens (tertiary/aromatic N) is 3. The van der Waals surface area contributed by atoms with Crippen molar-refractivity contribution in [2.75, 3.05) is 26.7 Å². The maximum Gasteiger partial charge on any atom is 0.119 e. The van der Waals surface area contributed by atoms with Crippen LogP contribution in [0, 0.1) is 0 Å². The molecule has 2 rings (SSSR count). The topological polar surface area (TPSA) is 56.3 Å². The monoisotopic (exact) mass is 288 g/mol. The quantitative estimate of drug-likeness (QED) is 0.798. The van der Waals surface area contributed by atoms with Crippen molar-refractivity contribution in [2.45, 2.75) is 13.0 Å². The van der Waals surface area contributed by atoms with Crippen molar-refractivity contribution in [2.24, 2.45) is 12.8 Å². The van der Waals surface area contributed by atoms with Gasteiger partial charge in [-0.15, -0.1) is 0 Å². The lowest BCUT2D eigenvalue weighted by atomic mass is 10.1. The van der Waals surface area contributed by atoms with Crippen molar-refractivity contribution >= 4 is 0 Å². The lowest BCUT2D eigenvalue weighted by Gasteiger charge is -2.16. The summed E-state index contributed by atoms with van der Waals surface area (Å²) >= 11 is 0. The van der Waals surface area contributed by atoms with E-state index in [0.717, 1.165) is 25.3 Å².